The van der Waals surface area contributed by atoms with Crippen molar-refractivity contribution in [3.63, 3.8) is 0 Å². The first-order valence-corrected chi connectivity index (χ1v) is 3.27. The third kappa shape index (κ3) is 4.09. The summed E-state index contributed by atoms with van der Waals surface area (Å²) in [5, 5.41) is 2.20. The third-order valence-electron chi connectivity index (χ3n) is 1.34. The van der Waals surface area contributed by atoms with Gasteiger partial charge in [-0.15, -0.1) is 0 Å². The quantitative estimate of drug-likeness (QED) is 0.507. The maximum absolute atomic E-state index is 2.31. The molecule has 0 atom stereocenters. The van der Waals surface area contributed by atoms with Crippen LogP contribution in [-0.2, 0) is 0 Å². The largest absolute Gasteiger partial charge is 0.348 e. The van der Waals surface area contributed by atoms with Crippen LogP contribution in [0.4, 0.5) is 0 Å². The highest BCUT2D eigenvalue weighted by Gasteiger charge is 1.91. The molecule has 0 aromatic rings. The average Bonchev–Trinajstić information content (AvgIpc) is 1.83. The van der Waals surface area contributed by atoms with Crippen molar-refractivity contribution in [1.82, 2.24) is 4.90 Å². The molecule has 0 aliphatic rings. The normalized spacial score (nSPS) is 10.5. The molecule has 0 fully saturated rings. The van der Waals surface area contributed by atoms with Gasteiger partial charge in [0.2, 0.25) is 0 Å². The number of hydrogen-bond acceptors (Lipinski definition) is 1. The van der Waals surface area contributed by atoms with Crippen molar-refractivity contribution in [1.29, 1.82) is 0 Å². The van der Waals surface area contributed by atoms with Crippen molar-refractivity contribution in [2.75, 3.05) is 33.7 Å². The van der Waals surface area contributed by atoms with Gasteiger partial charge in [-0.05, 0) is 13.6 Å². The highest BCUT2D eigenvalue weighted by Crippen LogP contribution is 1.73. The van der Waals surface area contributed by atoms with Gasteiger partial charge in [-0.2, -0.15) is 0 Å². The first kappa shape index (κ1) is 7.92. The molecule has 0 radical (unpaired) electrons. The molecule has 0 saturated heterocycles. The Morgan fingerprint density at radius 3 is 2.50 bits per heavy atom. The van der Waals surface area contributed by atoms with Gasteiger partial charge in [-0.25, -0.2) is 0 Å². The van der Waals surface area contributed by atoms with E-state index in [0.29, 0.717) is 0 Å². The fourth-order valence-electron chi connectivity index (χ4n) is 0.508. The minimum atomic E-state index is 1.16. The van der Waals surface area contributed by atoms with Crippen molar-refractivity contribution >= 4 is 0 Å². The summed E-state index contributed by atoms with van der Waals surface area (Å²) >= 11 is 0. The van der Waals surface area contributed by atoms with E-state index in [2.05, 4.69) is 31.2 Å². The summed E-state index contributed by atoms with van der Waals surface area (Å²) in [6.45, 7) is 5.75. The first-order chi connectivity index (χ1) is 3.81. The van der Waals surface area contributed by atoms with Crippen molar-refractivity contribution in [2.45, 2.75) is 6.92 Å². The average molecular weight is 117 g/mol. The molecule has 50 valence electrons. The Morgan fingerprint density at radius 2 is 2.12 bits per heavy atom. The predicted molar refractivity (Wildman–Crippen MR) is 35.9 cm³/mol. The molecule has 2 nitrogen and oxygen atoms in total. The molecular formula is C6H17N2+. The maximum atomic E-state index is 2.31. The summed E-state index contributed by atoms with van der Waals surface area (Å²) in [5.74, 6) is 0. The lowest BCUT2D eigenvalue weighted by Gasteiger charge is -2.10. The molecule has 0 aliphatic carbocycles. The van der Waals surface area contributed by atoms with E-state index in [9.17, 15) is 0 Å². The number of likely N-dealkylation sites (N-methyl/N-ethyl adjacent to an activating group) is 2. The van der Waals surface area contributed by atoms with Gasteiger partial charge in [0, 0.05) is 6.54 Å². The second-order valence-electron chi connectivity index (χ2n) is 2.09. The van der Waals surface area contributed by atoms with Crippen molar-refractivity contribution in [2.24, 2.45) is 0 Å². The molecule has 2 N–H and O–H groups in total. The van der Waals surface area contributed by atoms with Gasteiger partial charge in [0.05, 0.1) is 13.6 Å². The molecule has 0 amide bonds. The summed E-state index contributed by atoms with van der Waals surface area (Å²) in [6.07, 6.45) is 0. The van der Waals surface area contributed by atoms with E-state index in [1.165, 1.54) is 13.1 Å². The zero-order valence-corrected chi connectivity index (χ0v) is 6.15. The lowest BCUT2D eigenvalue weighted by Crippen LogP contribution is -2.81. The number of quaternary nitrogens is 1. The van der Waals surface area contributed by atoms with Crippen LogP contribution in [0.15, 0.2) is 0 Å². The Morgan fingerprint density at radius 1 is 1.50 bits per heavy atom. The fraction of sp³-hybridized carbons (Fsp3) is 1.00. The highest BCUT2D eigenvalue weighted by atomic mass is 15.1. The molecule has 0 bridgehead atoms. The van der Waals surface area contributed by atoms with E-state index in [1.54, 1.807) is 0 Å². The molecule has 0 unspecified atom stereocenters. The number of nitrogens with zero attached hydrogens (tertiary/aromatic N) is 1. The third-order valence-corrected chi connectivity index (χ3v) is 1.34. The van der Waals surface area contributed by atoms with E-state index >= 15 is 0 Å². The molecule has 0 saturated carbocycles. The van der Waals surface area contributed by atoms with Gasteiger partial charge < -0.3 is 10.2 Å². The minimum Gasteiger partial charge on any atom is -0.348 e. The highest BCUT2D eigenvalue weighted by molar-refractivity contribution is 4.41. The molecule has 0 heterocycles. The molecule has 0 rings (SSSR count). The Kier molecular flexibility index (Phi) is 5.01. The van der Waals surface area contributed by atoms with Crippen molar-refractivity contribution in [3.8, 4) is 0 Å². The van der Waals surface area contributed by atoms with Gasteiger partial charge in [0.25, 0.3) is 0 Å². The Balaban J connectivity index is 2.86. The topological polar surface area (TPSA) is 19.9 Å². The Bertz CT molecular complexity index is 45.8. The summed E-state index contributed by atoms with van der Waals surface area (Å²) in [6, 6.07) is 0. The van der Waals surface area contributed by atoms with Crippen LogP contribution in [0.25, 0.3) is 0 Å². The van der Waals surface area contributed by atoms with Gasteiger partial charge >= 0.3 is 0 Å². The van der Waals surface area contributed by atoms with Gasteiger partial charge in [0.15, 0.2) is 0 Å². The van der Waals surface area contributed by atoms with Crippen LogP contribution in [-0.4, -0.2) is 38.6 Å². The molecule has 8 heavy (non-hydrogen) atoms. The molecule has 0 aliphatic heterocycles. The van der Waals surface area contributed by atoms with Crippen LogP contribution in [0.2, 0.25) is 0 Å². The van der Waals surface area contributed by atoms with Crippen molar-refractivity contribution in [3.05, 3.63) is 0 Å². The number of hydrogen-bond donors (Lipinski definition) is 1. The smallest absolute Gasteiger partial charge is 0.0882 e. The minimum absolute atomic E-state index is 1.16. The lowest BCUT2D eigenvalue weighted by atomic mass is 10.5. The van der Waals surface area contributed by atoms with Crippen LogP contribution in [0, 0.1) is 0 Å². The predicted octanol–water partition coefficient (Wildman–Crippen LogP) is -0.869. The molecule has 0 aromatic carbocycles. The Hall–Kier alpha value is -0.0800. The fourth-order valence-corrected chi connectivity index (χ4v) is 0.508. The lowest BCUT2D eigenvalue weighted by molar-refractivity contribution is -0.626. The zero-order chi connectivity index (χ0) is 6.41. The van der Waals surface area contributed by atoms with Crippen LogP contribution in [0.1, 0.15) is 6.92 Å². The summed E-state index contributed by atoms with van der Waals surface area (Å²) in [7, 11) is 4.24. The summed E-state index contributed by atoms with van der Waals surface area (Å²) in [4.78, 5) is 2.31. The molecule has 0 aromatic heterocycles. The van der Waals surface area contributed by atoms with E-state index < -0.39 is 0 Å². The van der Waals surface area contributed by atoms with E-state index in [1.807, 2.05) is 0 Å². The van der Waals surface area contributed by atoms with E-state index in [4.69, 9.17) is 0 Å². The number of nitrogens with two attached hydrogens (primary N) is 1. The second-order valence-corrected chi connectivity index (χ2v) is 2.09. The first-order valence-electron chi connectivity index (χ1n) is 3.27. The Labute approximate surface area is 51.9 Å². The SMILES string of the molecule is CCN(C)CC[NH2+]C. The van der Waals surface area contributed by atoms with Gasteiger partial charge in [0.1, 0.15) is 0 Å². The van der Waals surface area contributed by atoms with Gasteiger partial charge in [-0.3, -0.25) is 0 Å². The molecule has 0 spiro atoms. The van der Waals surface area contributed by atoms with Crippen molar-refractivity contribution < 1.29 is 5.32 Å². The second kappa shape index (κ2) is 5.06. The van der Waals surface area contributed by atoms with Crippen LogP contribution >= 0.6 is 0 Å². The van der Waals surface area contributed by atoms with E-state index in [-0.39, 0.29) is 0 Å². The van der Waals surface area contributed by atoms with Crippen LogP contribution in [0.3, 0.4) is 0 Å². The number of rotatable bonds is 4. The summed E-state index contributed by atoms with van der Waals surface area (Å²) in [5.41, 5.74) is 0. The standard InChI is InChI=1S/C6H16N2/c1-4-8(3)6-5-7-2/h7H,4-6H2,1-3H3/p+1. The van der Waals surface area contributed by atoms with Crippen LogP contribution in [0.5, 0.6) is 0 Å². The maximum Gasteiger partial charge on any atom is 0.0882 e. The molecule has 2 heteroatoms. The summed E-state index contributed by atoms with van der Waals surface area (Å²) < 4.78 is 0. The van der Waals surface area contributed by atoms with Crippen LogP contribution < -0.4 is 5.32 Å². The molecular weight excluding hydrogens is 100 g/mol. The monoisotopic (exact) mass is 117 g/mol. The van der Waals surface area contributed by atoms with E-state index in [0.717, 1.165) is 6.54 Å². The van der Waals surface area contributed by atoms with Gasteiger partial charge in [-0.1, -0.05) is 6.92 Å². The zero-order valence-electron chi connectivity index (χ0n) is 6.15.